The van der Waals surface area contributed by atoms with Crippen LogP contribution in [-0.4, -0.2) is 32.4 Å². The standard InChI is InChI=1S/C35H37N3O4.C35H37N3O2/c1-6-8-11-25(7-2)21-36(26-12-9-13-27(20-26)38(41)42)31-17-16-30-32-28(31)14-10-15-29(32)34(39)37(35(30)40)33-23(4)18-22(3)19-24(33)5;1-6-8-9-23(7-2)19-37-29-15-14-28-31-27(13-12-26(32(29)31)25-11-10-24(36)18-30(25)37)34(39)38(35(28)40)33-21(4)16-20(3)17-22(33)5/h9-10,12-20,25H,6-8,11,21H2,1-5H3;10-18,23H,6-9,19,36H2,1-5H3. The molecule has 12 heteroatoms. The maximum absolute atomic E-state index is 14.1. The number of pyridine rings is 2. The zero-order chi connectivity index (χ0) is 58.4. The number of aryl methyl sites for hydroxylation is 6. The van der Waals surface area contributed by atoms with Gasteiger partial charge in [-0.15, -0.1) is 0 Å². The number of nitrogens with two attached hydrogens (primary N) is 1. The number of anilines is 4. The molecular weight excluding hydrogens is 1020 g/mol. The maximum Gasteiger partial charge on any atom is 0.271 e. The summed E-state index contributed by atoms with van der Waals surface area (Å²) in [6.45, 7) is 22.2. The van der Waals surface area contributed by atoms with E-state index in [1.165, 1.54) is 28.4 Å². The highest BCUT2D eigenvalue weighted by Gasteiger charge is 2.37. The van der Waals surface area contributed by atoms with Crippen LogP contribution in [0.15, 0.2) is 131 Å². The zero-order valence-corrected chi connectivity index (χ0v) is 49.0. The number of nitro groups is 1. The van der Waals surface area contributed by atoms with Crippen molar-refractivity contribution in [1.29, 1.82) is 0 Å². The summed E-state index contributed by atoms with van der Waals surface area (Å²) in [6.07, 6.45) is 8.82. The Morgan fingerprint density at radius 1 is 0.549 bits per heavy atom. The molecule has 11 rings (SSSR count). The van der Waals surface area contributed by atoms with Crippen molar-refractivity contribution in [1.82, 2.24) is 9.13 Å². The van der Waals surface area contributed by atoms with E-state index in [-0.39, 0.29) is 33.5 Å². The monoisotopic (exact) mass is 1090 g/mol. The number of nitro benzene ring substituents is 1. The van der Waals surface area contributed by atoms with E-state index < -0.39 is 0 Å². The molecule has 0 saturated carbocycles. The SMILES string of the molecule is CCCCC(CC)CN(c1cccc([N+](=O)[O-])c1)c1ccc2c3c(cccc13)C(=O)N(c1c(C)cc(C)cc1C)C2=O.CCCCC(CC)Cn1c2cc(N)ccc2c2ccc3c(=O)n(-c4c(C)cc(C)cc4C)c(=O)c4ccc1c2c34. The van der Waals surface area contributed by atoms with Crippen molar-refractivity contribution in [2.75, 3.05) is 22.1 Å². The number of hydrogen-bond donors (Lipinski definition) is 1. The summed E-state index contributed by atoms with van der Waals surface area (Å²) in [5.74, 6) is 0.192. The van der Waals surface area contributed by atoms with Gasteiger partial charge < -0.3 is 15.2 Å². The number of carbonyl (C=O) groups is 2. The van der Waals surface area contributed by atoms with E-state index in [4.69, 9.17) is 5.73 Å². The Kier molecular flexibility index (Phi) is 15.9. The van der Waals surface area contributed by atoms with E-state index in [1.54, 1.807) is 24.3 Å². The molecule has 3 heterocycles. The molecule has 8 aromatic carbocycles. The van der Waals surface area contributed by atoms with Crippen LogP contribution in [0.1, 0.15) is 133 Å². The predicted octanol–water partition coefficient (Wildman–Crippen LogP) is 16.6. The number of unbranched alkanes of at least 4 members (excludes halogenated alkanes) is 2. The molecule has 10 aromatic rings. The molecule has 1 aliphatic heterocycles. The van der Waals surface area contributed by atoms with Crippen LogP contribution in [0.5, 0.6) is 0 Å². The molecule has 0 saturated heterocycles. The molecule has 0 bridgehead atoms. The van der Waals surface area contributed by atoms with Crippen molar-refractivity contribution in [3.8, 4) is 5.69 Å². The minimum Gasteiger partial charge on any atom is -0.399 e. The number of benzene rings is 8. The minimum atomic E-state index is -0.380. The molecule has 82 heavy (non-hydrogen) atoms. The lowest BCUT2D eigenvalue weighted by Crippen LogP contribution is -2.41. The van der Waals surface area contributed by atoms with Crippen LogP contribution < -0.4 is 26.7 Å². The molecular formula is C70H74N6O6. The second kappa shape index (κ2) is 23.1. The average Bonchev–Trinajstić information content (AvgIpc) is 0.869. The second-order valence-electron chi connectivity index (χ2n) is 22.9. The molecule has 2 aromatic heterocycles. The summed E-state index contributed by atoms with van der Waals surface area (Å²) in [5, 5.41) is 18.1. The highest BCUT2D eigenvalue weighted by molar-refractivity contribution is 6.37. The van der Waals surface area contributed by atoms with Gasteiger partial charge in [-0.3, -0.25) is 29.3 Å². The molecule has 0 fully saturated rings. The molecule has 2 N–H and O–H groups in total. The third kappa shape index (κ3) is 10.1. The van der Waals surface area contributed by atoms with Gasteiger partial charge in [0.15, 0.2) is 0 Å². The quantitative estimate of drug-likeness (QED) is 0.0236. The zero-order valence-electron chi connectivity index (χ0n) is 49.0. The largest absolute Gasteiger partial charge is 0.399 e. The summed E-state index contributed by atoms with van der Waals surface area (Å²) in [4.78, 5) is 71.0. The van der Waals surface area contributed by atoms with E-state index in [0.717, 1.165) is 128 Å². The van der Waals surface area contributed by atoms with Gasteiger partial charge in [0.1, 0.15) is 0 Å². The Bertz CT molecular complexity index is 4200. The van der Waals surface area contributed by atoms with Crippen LogP contribution in [0.3, 0.4) is 0 Å². The van der Waals surface area contributed by atoms with Crippen LogP contribution in [0.25, 0.3) is 59.8 Å². The van der Waals surface area contributed by atoms with Crippen molar-refractivity contribution in [2.24, 2.45) is 11.8 Å². The molecule has 12 nitrogen and oxygen atoms in total. The Morgan fingerprint density at radius 3 is 1.72 bits per heavy atom. The first-order valence-electron chi connectivity index (χ1n) is 29.2. The van der Waals surface area contributed by atoms with Crippen LogP contribution >= 0.6 is 0 Å². The number of rotatable bonds is 17. The Hall–Kier alpha value is -8.64. The fraction of sp³-hybridized carbons (Fsp3) is 0.314. The number of hydrogen-bond acceptors (Lipinski definition) is 8. The summed E-state index contributed by atoms with van der Waals surface area (Å²) in [6, 6.07) is 38.0. The molecule has 420 valence electrons. The van der Waals surface area contributed by atoms with Gasteiger partial charge in [0.05, 0.1) is 21.8 Å². The number of nitrogen functional groups attached to an aromatic ring is 1. The van der Waals surface area contributed by atoms with Gasteiger partial charge in [0.2, 0.25) is 0 Å². The van der Waals surface area contributed by atoms with E-state index in [9.17, 15) is 29.3 Å². The van der Waals surface area contributed by atoms with Gasteiger partial charge >= 0.3 is 0 Å². The third-order valence-electron chi connectivity index (χ3n) is 17.1. The molecule has 0 aliphatic carbocycles. The van der Waals surface area contributed by atoms with E-state index in [2.05, 4.69) is 55.4 Å². The molecule has 0 spiro atoms. The number of aromatic nitrogens is 2. The highest BCUT2D eigenvalue weighted by Crippen LogP contribution is 2.43. The van der Waals surface area contributed by atoms with Crippen LogP contribution in [0.2, 0.25) is 0 Å². The van der Waals surface area contributed by atoms with Gasteiger partial charge in [-0.1, -0.05) is 132 Å². The first-order valence-corrected chi connectivity index (χ1v) is 29.2. The van der Waals surface area contributed by atoms with E-state index in [1.807, 2.05) is 114 Å². The van der Waals surface area contributed by atoms with Crippen molar-refractivity contribution in [3.63, 3.8) is 0 Å². The second-order valence-corrected chi connectivity index (χ2v) is 22.9. The number of amides is 2. The first-order chi connectivity index (χ1) is 39.4. The number of imide groups is 1. The first kappa shape index (κ1) is 56.6. The fourth-order valence-corrected chi connectivity index (χ4v) is 13.2. The highest BCUT2D eigenvalue weighted by atomic mass is 16.6. The van der Waals surface area contributed by atoms with Crippen LogP contribution in [0.4, 0.5) is 28.4 Å². The summed E-state index contributed by atoms with van der Waals surface area (Å²) in [5.41, 5.74) is 18.2. The number of carbonyl (C=O) groups excluding carboxylic acids is 2. The summed E-state index contributed by atoms with van der Waals surface area (Å²) >= 11 is 0. The Morgan fingerprint density at radius 2 is 1.11 bits per heavy atom. The van der Waals surface area contributed by atoms with Gasteiger partial charge in [0.25, 0.3) is 28.6 Å². The average molecular weight is 1100 g/mol. The predicted molar refractivity (Wildman–Crippen MR) is 339 cm³/mol. The molecule has 1 aliphatic rings. The Labute approximate surface area is 479 Å². The van der Waals surface area contributed by atoms with Gasteiger partial charge in [-0.2, -0.15) is 0 Å². The van der Waals surface area contributed by atoms with Crippen molar-refractivity contribution < 1.29 is 14.5 Å². The molecule has 0 radical (unpaired) electrons. The van der Waals surface area contributed by atoms with Crippen molar-refractivity contribution in [3.05, 3.63) is 197 Å². The Balaban J connectivity index is 0.000000184. The normalized spacial score (nSPS) is 13.2. The lowest BCUT2D eigenvalue weighted by molar-refractivity contribution is -0.384. The van der Waals surface area contributed by atoms with Crippen LogP contribution in [-0.2, 0) is 6.54 Å². The van der Waals surface area contributed by atoms with Gasteiger partial charge in [0, 0.05) is 96.6 Å². The molecule has 2 unspecified atom stereocenters. The third-order valence-corrected chi connectivity index (χ3v) is 17.1. The summed E-state index contributed by atoms with van der Waals surface area (Å²) < 4.78 is 3.76. The van der Waals surface area contributed by atoms with Crippen LogP contribution in [0, 0.1) is 63.5 Å². The van der Waals surface area contributed by atoms with Crippen molar-refractivity contribution >= 4 is 94.4 Å². The van der Waals surface area contributed by atoms with Crippen molar-refractivity contribution in [2.45, 2.75) is 127 Å². The number of non-ortho nitro benzene ring substituents is 1. The summed E-state index contributed by atoms with van der Waals surface area (Å²) in [7, 11) is 0. The molecule has 2 amide bonds. The smallest absolute Gasteiger partial charge is 0.271 e. The molecule has 2 atom stereocenters. The number of nitrogens with zero attached hydrogens (tertiary/aromatic N) is 5. The maximum atomic E-state index is 14.1. The minimum absolute atomic E-state index is 0.0201. The van der Waals surface area contributed by atoms with E-state index >= 15 is 0 Å². The number of fused-ring (bicyclic) bond motifs is 2. The lowest BCUT2D eigenvalue weighted by atomic mass is 9.90. The fourth-order valence-electron chi connectivity index (χ4n) is 13.2. The van der Waals surface area contributed by atoms with Gasteiger partial charge in [-0.05, 0) is 148 Å². The van der Waals surface area contributed by atoms with Gasteiger partial charge in [-0.25, -0.2) is 9.47 Å². The van der Waals surface area contributed by atoms with E-state index in [0.29, 0.717) is 62.7 Å². The topological polar surface area (TPSA) is 154 Å². The lowest BCUT2D eigenvalue weighted by Gasteiger charge is -2.33.